The molecule has 0 rings (SSSR count). The quantitative estimate of drug-likeness (QED) is 0.668. The Labute approximate surface area is 61.3 Å². The molecule has 3 nitrogen and oxygen atoms in total. The number of hydrogen-bond donors (Lipinski definition) is 1. The lowest BCUT2D eigenvalue weighted by Crippen LogP contribution is -2.17. The van der Waals surface area contributed by atoms with Crippen molar-refractivity contribution in [3.63, 3.8) is 0 Å². The van der Waals surface area contributed by atoms with E-state index in [9.17, 15) is 21.6 Å². The maximum absolute atomic E-state index is 12.0. The van der Waals surface area contributed by atoms with Gasteiger partial charge in [-0.2, -0.15) is 17.2 Å². The van der Waals surface area contributed by atoms with E-state index >= 15 is 0 Å². The van der Waals surface area contributed by atoms with E-state index < -0.39 is 27.3 Å². The van der Waals surface area contributed by atoms with Gasteiger partial charge in [-0.25, -0.2) is 4.39 Å². The van der Waals surface area contributed by atoms with E-state index in [0.717, 1.165) is 0 Å². The molecule has 1 N–H and O–H groups in total. The van der Waals surface area contributed by atoms with Crippen molar-refractivity contribution in [3.8, 4) is 0 Å². The lowest BCUT2D eigenvalue weighted by Gasteiger charge is -2.02. The first-order chi connectivity index (χ1) is 4.76. The van der Waals surface area contributed by atoms with Crippen LogP contribution >= 0.6 is 0 Å². The molecule has 0 aliphatic heterocycles. The smallest absolute Gasteiger partial charge is 0.285 e. The van der Waals surface area contributed by atoms with Crippen molar-refractivity contribution in [2.45, 2.75) is 12.2 Å². The lowest BCUT2D eigenvalue weighted by molar-refractivity contribution is 0.367. The van der Waals surface area contributed by atoms with Crippen molar-refractivity contribution >= 4 is 10.1 Å². The van der Waals surface area contributed by atoms with Gasteiger partial charge >= 0.3 is 6.08 Å². The minimum absolute atomic E-state index is 0.615. The zero-order valence-corrected chi connectivity index (χ0v) is 6.20. The predicted molar refractivity (Wildman–Crippen MR) is 31.4 cm³/mol. The summed E-state index contributed by atoms with van der Waals surface area (Å²) in [4.78, 5) is 0. The highest BCUT2D eigenvalue weighted by Crippen LogP contribution is 2.18. The monoisotopic (exact) mass is 190 g/mol. The molecule has 1 unspecified atom stereocenters. The summed E-state index contributed by atoms with van der Waals surface area (Å²) in [6, 6.07) is 0. The van der Waals surface area contributed by atoms with E-state index in [1.165, 1.54) is 0 Å². The Bertz CT molecular complexity index is 264. The maximum atomic E-state index is 12.0. The van der Waals surface area contributed by atoms with Crippen LogP contribution in [0.1, 0.15) is 6.92 Å². The second-order valence-electron chi connectivity index (χ2n) is 1.77. The number of hydrogen-bond acceptors (Lipinski definition) is 2. The highest BCUT2D eigenvalue weighted by Gasteiger charge is 2.26. The largest absolute Gasteiger partial charge is 0.302 e. The third-order valence-corrected chi connectivity index (χ3v) is 2.08. The predicted octanol–water partition coefficient (Wildman–Crippen LogP) is 1.34. The Morgan fingerprint density at radius 1 is 1.36 bits per heavy atom. The fourth-order valence-electron chi connectivity index (χ4n) is 0.284. The summed E-state index contributed by atoms with van der Waals surface area (Å²) in [6.07, 6.45) is -2.74. The zero-order valence-electron chi connectivity index (χ0n) is 5.38. The molecule has 0 spiro atoms. The van der Waals surface area contributed by atoms with Gasteiger partial charge in [-0.05, 0) is 6.92 Å². The SMILES string of the molecule is CC(C(F)=C(F)F)S(=O)(=O)O. The van der Waals surface area contributed by atoms with Crippen LogP contribution in [0.5, 0.6) is 0 Å². The average Bonchev–Trinajstić information content (AvgIpc) is 1.82. The molecule has 0 aliphatic carbocycles. The summed E-state index contributed by atoms with van der Waals surface area (Å²) < 4.78 is 62.8. The van der Waals surface area contributed by atoms with Crippen LogP contribution in [-0.4, -0.2) is 18.2 Å². The van der Waals surface area contributed by atoms with E-state index in [2.05, 4.69) is 0 Å². The molecule has 66 valence electrons. The van der Waals surface area contributed by atoms with E-state index in [4.69, 9.17) is 4.55 Å². The Balaban J connectivity index is 4.81. The van der Waals surface area contributed by atoms with Crippen molar-refractivity contribution < 1.29 is 26.1 Å². The fraction of sp³-hybridized carbons (Fsp3) is 0.500. The molecule has 11 heavy (non-hydrogen) atoms. The summed E-state index contributed by atoms with van der Waals surface area (Å²) in [7, 11) is -4.76. The standard InChI is InChI=1S/C4H5F3O3S/c1-2(11(8,9)10)3(5)4(6)7/h2H,1H3,(H,8,9,10). The number of halogens is 3. The molecule has 0 saturated carbocycles. The van der Waals surface area contributed by atoms with Crippen molar-refractivity contribution in [2.24, 2.45) is 0 Å². The third kappa shape index (κ3) is 2.89. The van der Waals surface area contributed by atoms with E-state index in [0.29, 0.717) is 6.92 Å². The molecule has 0 saturated heterocycles. The van der Waals surface area contributed by atoms with Crippen LogP contribution in [0, 0.1) is 0 Å². The first-order valence-electron chi connectivity index (χ1n) is 2.43. The van der Waals surface area contributed by atoms with Gasteiger partial charge in [0.15, 0.2) is 5.83 Å². The van der Waals surface area contributed by atoms with Gasteiger partial charge in [0.25, 0.3) is 10.1 Å². The van der Waals surface area contributed by atoms with Gasteiger partial charge in [-0.15, -0.1) is 0 Å². The van der Waals surface area contributed by atoms with Gasteiger partial charge in [0.1, 0.15) is 5.25 Å². The minimum atomic E-state index is -4.76. The molecular formula is C4H5F3O3S. The third-order valence-electron chi connectivity index (χ3n) is 0.984. The Morgan fingerprint density at radius 2 is 1.73 bits per heavy atom. The van der Waals surface area contributed by atoms with Gasteiger partial charge < -0.3 is 0 Å². The second kappa shape index (κ2) is 3.22. The Kier molecular flexibility index (Phi) is 3.06. The van der Waals surface area contributed by atoms with Crippen LogP contribution in [0.2, 0.25) is 0 Å². The molecular weight excluding hydrogens is 185 g/mol. The fourth-order valence-corrected chi connectivity index (χ4v) is 0.635. The summed E-state index contributed by atoms with van der Waals surface area (Å²) in [5, 5.41) is -2.20. The maximum Gasteiger partial charge on any atom is 0.302 e. The molecule has 0 aromatic rings. The topological polar surface area (TPSA) is 54.4 Å². The molecule has 0 aromatic heterocycles. The van der Waals surface area contributed by atoms with Gasteiger partial charge in [0.2, 0.25) is 0 Å². The number of rotatable bonds is 2. The van der Waals surface area contributed by atoms with Crippen LogP contribution in [-0.2, 0) is 10.1 Å². The molecule has 0 fully saturated rings. The van der Waals surface area contributed by atoms with E-state index in [1.54, 1.807) is 0 Å². The lowest BCUT2D eigenvalue weighted by atomic mass is 10.4. The minimum Gasteiger partial charge on any atom is -0.285 e. The summed E-state index contributed by atoms with van der Waals surface area (Å²) in [5.41, 5.74) is 0. The summed E-state index contributed by atoms with van der Waals surface area (Å²) in [6.45, 7) is 0.615. The molecule has 1 atom stereocenters. The van der Waals surface area contributed by atoms with Gasteiger partial charge in [-0.1, -0.05) is 0 Å². The highest BCUT2D eigenvalue weighted by molar-refractivity contribution is 7.86. The zero-order chi connectivity index (χ0) is 9.23. The van der Waals surface area contributed by atoms with Crippen LogP contribution < -0.4 is 0 Å². The molecule has 0 aromatic carbocycles. The van der Waals surface area contributed by atoms with Crippen LogP contribution in [0.25, 0.3) is 0 Å². The molecule has 0 amide bonds. The second-order valence-corrected chi connectivity index (χ2v) is 3.50. The average molecular weight is 190 g/mol. The van der Waals surface area contributed by atoms with Crippen molar-refractivity contribution in [1.29, 1.82) is 0 Å². The Hall–Kier alpha value is -0.560. The molecule has 0 radical (unpaired) electrons. The van der Waals surface area contributed by atoms with Crippen molar-refractivity contribution in [1.82, 2.24) is 0 Å². The Morgan fingerprint density at radius 3 is 1.82 bits per heavy atom. The van der Waals surface area contributed by atoms with E-state index in [1.807, 2.05) is 0 Å². The molecule has 0 aliphatic rings. The molecule has 0 heterocycles. The van der Waals surface area contributed by atoms with Gasteiger partial charge in [-0.3, -0.25) is 4.55 Å². The normalized spacial score (nSPS) is 14.3. The van der Waals surface area contributed by atoms with Crippen LogP contribution in [0.15, 0.2) is 11.9 Å². The van der Waals surface area contributed by atoms with Crippen LogP contribution in [0.3, 0.4) is 0 Å². The van der Waals surface area contributed by atoms with Crippen LogP contribution in [0.4, 0.5) is 13.2 Å². The first kappa shape index (κ1) is 10.4. The first-order valence-corrected chi connectivity index (χ1v) is 3.94. The highest BCUT2D eigenvalue weighted by atomic mass is 32.2. The summed E-state index contributed by atoms with van der Waals surface area (Å²) >= 11 is 0. The summed E-state index contributed by atoms with van der Waals surface area (Å²) in [5.74, 6) is -2.13. The van der Waals surface area contributed by atoms with Gasteiger partial charge in [0, 0.05) is 0 Å². The van der Waals surface area contributed by atoms with E-state index in [-0.39, 0.29) is 0 Å². The van der Waals surface area contributed by atoms with Crippen molar-refractivity contribution in [3.05, 3.63) is 11.9 Å². The molecule has 0 bridgehead atoms. The van der Waals surface area contributed by atoms with Crippen molar-refractivity contribution in [2.75, 3.05) is 0 Å². The van der Waals surface area contributed by atoms with Gasteiger partial charge in [0.05, 0.1) is 0 Å². The molecule has 7 heteroatoms.